The minimum absolute atomic E-state index is 0.0781. The fourth-order valence-corrected chi connectivity index (χ4v) is 5.63. The molecule has 11 heteroatoms. The van der Waals surface area contributed by atoms with Crippen molar-refractivity contribution < 1.29 is 14.3 Å². The van der Waals surface area contributed by atoms with E-state index in [2.05, 4.69) is 26.1 Å². The third-order valence-electron chi connectivity index (χ3n) is 6.54. The molecule has 4 heterocycles. The molecule has 0 N–H and O–H groups in total. The number of ether oxygens (including phenoxy) is 2. The van der Waals surface area contributed by atoms with Crippen LogP contribution in [-0.2, 0) is 11.3 Å². The van der Waals surface area contributed by atoms with Gasteiger partial charge < -0.3 is 14.4 Å². The Morgan fingerprint density at radius 1 is 0.974 bits per heavy atom. The minimum atomic E-state index is 0.0781. The van der Waals surface area contributed by atoms with E-state index in [1.165, 1.54) is 17.3 Å². The number of halogens is 1. The molecule has 4 aromatic rings. The number of carbonyl (C=O) groups is 1. The first-order chi connectivity index (χ1) is 18.7. The van der Waals surface area contributed by atoms with Crippen LogP contribution >= 0.6 is 23.4 Å². The van der Waals surface area contributed by atoms with Crippen LogP contribution in [0.25, 0.3) is 17.1 Å². The van der Waals surface area contributed by atoms with Gasteiger partial charge in [-0.2, -0.15) is 0 Å². The maximum atomic E-state index is 13.1. The summed E-state index contributed by atoms with van der Waals surface area (Å²) >= 11 is 7.90. The zero-order valence-electron chi connectivity index (χ0n) is 20.5. The van der Waals surface area contributed by atoms with Crippen molar-refractivity contribution in [3.05, 3.63) is 77.6 Å². The lowest BCUT2D eigenvalue weighted by atomic mass is 10.1. The number of thioether (sulfide) groups is 1. The number of rotatable bonds is 7. The summed E-state index contributed by atoms with van der Waals surface area (Å²) in [7, 11) is 0. The Kier molecular flexibility index (Phi) is 7.17. The second-order valence-corrected chi connectivity index (χ2v) is 10.3. The van der Waals surface area contributed by atoms with Crippen LogP contribution < -0.4 is 9.47 Å². The van der Waals surface area contributed by atoms with E-state index < -0.39 is 0 Å². The van der Waals surface area contributed by atoms with E-state index in [9.17, 15) is 4.79 Å². The molecule has 1 amide bonds. The van der Waals surface area contributed by atoms with Crippen LogP contribution in [0.15, 0.2) is 72.1 Å². The van der Waals surface area contributed by atoms with Gasteiger partial charge in [-0.3, -0.25) is 19.2 Å². The fraction of sp³-hybridized carbons (Fsp3) is 0.259. The van der Waals surface area contributed by atoms with Gasteiger partial charge in [0, 0.05) is 50.7 Å². The summed E-state index contributed by atoms with van der Waals surface area (Å²) in [4.78, 5) is 21.6. The van der Waals surface area contributed by atoms with Gasteiger partial charge in [-0.05, 0) is 42.0 Å². The number of hydrogen-bond acceptors (Lipinski definition) is 8. The van der Waals surface area contributed by atoms with Gasteiger partial charge in [0.25, 0.3) is 0 Å². The molecular weight excluding hydrogens is 524 g/mol. The molecule has 1 fully saturated rings. The van der Waals surface area contributed by atoms with Gasteiger partial charge >= 0.3 is 0 Å². The Labute approximate surface area is 229 Å². The average Bonchev–Trinajstić information content (AvgIpc) is 3.60. The lowest BCUT2D eigenvalue weighted by Crippen LogP contribution is -2.48. The predicted molar refractivity (Wildman–Crippen MR) is 145 cm³/mol. The number of amides is 1. The van der Waals surface area contributed by atoms with Crippen molar-refractivity contribution in [3.63, 3.8) is 0 Å². The Morgan fingerprint density at radius 2 is 1.82 bits per heavy atom. The number of carbonyl (C=O) groups excluding carboxylic acids is 1. The number of pyridine rings is 1. The van der Waals surface area contributed by atoms with Gasteiger partial charge in [-0.1, -0.05) is 41.6 Å². The van der Waals surface area contributed by atoms with E-state index in [1.54, 1.807) is 12.4 Å². The molecule has 0 bridgehead atoms. The molecule has 2 aromatic carbocycles. The quantitative estimate of drug-likeness (QED) is 0.318. The van der Waals surface area contributed by atoms with E-state index in [4.69, 9.17) is 21.1 Å². The molecule has 0 spiro atoms. The molecule has 0 saturated carbocycles. The molecule has 0 atom stereocenters. The first-order valence-electron chi connectivity index (χ1n) is 12.3. The summed E-state index contributed by atoms with van der Waals surface area (Å²) in [6.07, 6.45) is 3.45. The normalized spacial score (nSPS) is 15.1. The molecule has 2 aromatic heterocycles. The van der Waals surface area contributed by atoms with Gasteiger partial charge in [0.2, 0.25) is 12.7 Å². The van der Waals surface area contributed by atoms with Crippen LogP contribution in [0.4, 0.5) is 0 Å². The highest BCUT2D eigenvalue weighted by molar-refractivity contribution is 7.99. The molecule has 6 rings (SSSR count). The maximum absolute atomic E-state index is 13.1. The van der Waals surface area contributed by atoms with E-state index >= 15 is 0 Å². The lowest BCUT2D eigenvalue weighted by molar-refractivity contribution is -0.130. The van der Waals surface area contributed by atoms with Crippen LogP contribution in [0.5, 0.6) is 11.5 Å². The largest absolute Gasteiger partial charge is 0.454 e. The molecule has 0 radical (unpaired) electrons. The number of benzene rings is 2. The smallest absolute Gasteiger partial charge is 0.233 e. The van der Waals surface area contributed by atoms with Gasteiger partial charge in [-0.15, -0.1) is 10.2 Å². The monoisotopic (exact) mass is 548 g/mol. The van der Waals surface area contributed by atoms with E-state index in [0.29, 0.717) is 29.1 Å². The first-order valence-corrected chi connectivity index (χ1v) is 13.6. The summed E-state index contributed by atoms with van der Waals surface area (Å²) in [5, 5.41) is 9.99. The third kappa shape index (κ3) is 5.20. The van der Waals surface area contributed by atoms with Crippen LogP contribution in [0.3, 0.4) is 0 Å². The molecule has 9 nitrogen and oxygen atoms in total. The summed E-state index contributed by atoms with van der Waals surface area (Å²) < 4.78 is 12.8. The van der Waals surface area contributed by atoms with Crippen LogP contribution in [0, 0.1) is 0 Å². The second-order valence-electron chi connectivity index (χ2n) is 8.97. The molecular formula is C27H25ClN6O3S. The summed E-state index contributed by atoms with van der Waals surface area (Å²) in [5.74, 6) is 2.55. The number of aromatic nitrogens is 4. The molecule has 0 unspecified atom stereocenters. The molecule has 38 heavy (non-hydrogen) atoms. The van der Waals surface area contributed by atoms with Gasteiger partial charge in [0.05, 0.1) is 16.5 Å². The number of nitrogens with zero attached hydrogens (tertiary/aromatic N) is 6. The van der Waals surface area contributed by atoms with Crippen molar-refractivity contribution in [3.8, 4) is 28.6 Å². The number of hydrogen-bond donors (Lipinski definition) is 0. The zero-order valence-corrected chi connectivity index (χ0v) is 22.1. The highest BCUT2D eigenvalue weighted by Gasteiger charge is 2.24. The van der Waals surface area contributed by atoms with Crippen molar-refractivity contribution in [2.45, 2.75) is 11.7 Å². The summed E-state index contributed by atoms with van der Waals surface area (Å²) in [6, 6.07) is 17.4. The molecule has 2 aliphatic rings. The van der Waals surface area contributed by atoms with E-state index in [-0.39, 0.29) is 18.5 Å². The van der Waals surface area contributed by atoms with Gasteiger partial charge in [0.15, 0.2) is 22.5 Å². The molecule has 194 valence electrons. The van der Waals surface area contributed by atoms with Crippen LogP contribution in [-0.4, -0.2) is 74.2 Å². The fourth-order valence-electron chi connectivity index (χ4n) is 4.57. The van der Waals surface area contributed by atoms with Gasteiger partial charge in [0.1, 0.15) is 0 Å². The first kappa shape index (κ1) is 24.7. The van der Waals surface area contributed by atoms with Crippen LogP contribution in [0.2, 0.25) is 5.02 Å². The van der Waals surface area contributed by atoms with Crippen molar-refractivity contribution in [2.24, 2.45) is 0 Å². The zero-order chi connectivity index (χ0) is 25.9. The van der Waals surface area contributed by atoms with Crippen molar-refractivity contribution in [2.75, 3.05) is 38.7 Å². The average molecular weight is 549 g/mol. The maximum Gasteiger partial charge on any atom is 0.233 e. The Bertz CT molecular complexity index is 1440. The van der Waals surface area contributed by atoms with E-state index in [0.717, 1.165) is 42.4 Å². The van der Waals surface area contributed by atoms with Crippen LogP contribution in [0.1, 0.15) is 5.56 Å². The summed E-state index contributed by atoms with van der Waals surface area (Å²) in [5.41, 5.74) is 2.75. The Balaban J connectivity index is 1.10. The SMILES string of the molecule is O=C(CSc1nnc(-c2cccnc2)n1-c1ccccc1Cl)N1CCN(Cc2ccc3c(c2)OCO3)CC1. The molecule has 0 aliphatic carbocycles. The second kappa shape index (κ2) is 11.0. The highest BCUT2D eigenvalue weighted by Crippen LogP contribution is 2.33. The Hall–Kier alpha value is -3.60. The molecule has 2 aliphatic heterocycles. The summed E-state index contributed by atoms with van der Waals surface area (Å²) in [6.45, 7) is 4.07. The minimum Gasteiger partial charge on any atom is -0.454 e. The van der Waals surface area contributed by atoms with Crippen molar-refractivity contribution in [1.29, 1.82) is 0 Å². The number of piperazine rings is 1. The third-order valence-corrected chi connectivity index (χ3v) is 7.77. The molecule has 1 saturated heterocycles. The number of para-hydroxylation sites is 1. The van der Waals surface area contributed by atoms with Crippen molar-refractivity contribution in [1.82, 2.24) is 29.5 Å². The highest BCUT2D eigenvalue weighted by atomic mass is 35.5. The Morgan fingerprint density at radius 3 is 2.63 bits per heavy atom. The van der Waals surface area contributed by atoms with E-state index in [1.807, 2.05) is 58.0 Å². The standard InChI is InChI=1S/C27H25ClN6O3S/c28-21-5-1-2-6-22(21)34-26(20-4-3-9-29-15-20)30-31-27(34)38-17-25(35)33-12-10-32(11-13-33)16-19-7-8-23-24(14-19)37-18-36-23/h1-9,14-15H,10-13,16-18H2. The van der Waals surface area contributed by atoms with Crippen molar-refractivity contribution >= 4 is 29.3 Å². The topological polar surface area (TPSA) is 85.6 Å². The number of fused-ring (bicyclic) bond motifs is 1. The van der Waals surface area contributed by atoms with Gasteiger partial charge in [-0.25, -0.2) is 0 Å². The lowest BCUT2D eigenvalue weighted by Gasteiger charge is -2.34. The predicted octanol–water partition coefficient (Wildman–Crippen LogP) is 4.15.